The van der Waals surface area contributed by atoms with Crippen molar-refractivity contribution >= 4 is 58.1 Å². The first-order valence-electron chi connectivity index (χ1n) is 31.4. The lowest BCUT2D eigenvalue weighted by atomic mass is 9.93. The van der Waals surface area contributed by atoms with Crippen LogP contribution in [0.25, 0.3) is 39.4 Å². The standard InChI is InChI=1S/C67H76N14O10/c1-4-80(51-23-29-77(30-24-51)62(85)47-9-13-50(14-10-47)69-65(86)68-49-11-7-46(8-12-49)60-70-63(78-31-35-89-36-32-78)72-64(71-60)79-33-37-90-38-34-79)67(88)91-53-16-5-45(6-17-53)39-59(84)76-26-20-44(21-27-76)19-25-75-28-22-48-40-52(15-18-56(48)75)81-61(73-74-66(81)87)55-41-54(43(2)3)57(82)42-58(55)83/h5-18,22,28,40-44,51,82-83H,4,19-21,23-27,29-39H2,1-3H3,(H,74,87)(H2,68,69,86). The number of ether oxygens (including phenoxy) is 3. The number of aromatic amines is 1. The maximum Gasteiger partial charge on any atom is 0.415 e. The number of nitrogens with one attached hydrogen (secondary N) is 3. The molecule has 0 spiro atoms. The number of hydrogen-bond donors (Lipinski definition) is 5. The van der Waals surface area contributed by atoms with Crippen LogP contribution in [0.15, 0.2) is 120 Å². The Labute approximate surface area is 526 Å². The number of likely N-dealkylation sites (tertiary alicyclic amines) is 2. The van der Waals surface area contributed by atoms with E-state index in [2.05, 4.69) is 35.2 Å². The number of anilines is 4. The molecule has 24 heteroatoms. The number of nitrogens with zero attached hydrogens (tertiary/aromatic N) is 11. The highest BCUT2D eigenvalue weighted by atomic mass is 16.6. The van der Waals surface area contributed by atoms with E-state index in [1.54, 1.807) is 64.4 Å². The fraction of sp³-hybridized carbons (Fsp3) is 0.388. The fourth-order valence-electron chi connectivity index (χ4n) is 12.5. The number of morpholine rings is 2. The summed E-state index contributed by atoms with van der Waals surface area (Å²) in [5.74, 6) is 2.51. The number of urea groups is 1. The predicted octanol–water partition coefficient (Wildman–Crippen LogP) is 8.88. The Kier molecular flexibility index (Phi) is 18.6. The van der Waals surface area contributed by atoms with Gasteiger partial charge in [-0.1, -0.05) is 26.0 Å². The van der Waals surface area contributed by atoms with Crippen molar-refractivity contribution in [3.63, 3.8) is 0 Å². The van der Waals surface area contributed by atoms with Crippen molar-refractivity contribution in [2.75, 3.05) is 106 Å². The molecule has 8 aromatic rings. The molecule has 91 heavy (non-hydrogen) atoms. The van der Waals surface area contributed by atoms with E-state index in [9.17, 15) is 34.2 Å². The molecule has 0 radical (unpaired) electrons. The summed E-state index contributed by atoms with van der Waals surface area (Å²) in [4.78, 5) is 91.0. The minimum atomic E-state index is -0.467. The molecule has 0 saturated carbocycles. The van der Waals surface area contributed by atoms with E-state index in [1.165, 1.54) is 10.6 Å². The predicted molar refractivity (Wildman–Crippen MR) is 344 cm³/mol. The Hall–Kier alpha value is -9.81. The molecule has 0 unspecified atom stereocenters. The Morgan fingerprint density at radius 2 is 1.34 bits per heavy atom. The van der Waals surface area contributed by atoms with E-state index >= 15 is 0 Å². The van der Waals surface area contributed by atoms with Crippen molar-refractivity contribution in [1.82, 2.24) is 49.0 Å². The zero-order valence-corrected chi connectivity index (χ0v) is 51.4. The number of aromatic nitrogens is 7. The van der Waals surface area contributed by atoms with Crippen LogP contribution in [0.5, 0.6) is 17.2 Å². The molecule has 4 saturated heterocycles. The van der Waals surface area contributed by atoms with Crippen LogP contribution in [0.1, 0.15) is 80.3 Å². The van der Waals surface area contributed by atoms with Gasteiger partial charge in [0.05, 0.1) is 44.1 Å². The Morgan fingerprint density at radius 1 is 0.714 bits per heavy atom. The molecule has 5 aromatic carbocycles. The largest absolute Gasteiger partial charge is 0.508 e. The summed E-state index contributed by atoms with van der Waals surface area (Å²) >= 11 is 0. The number of amides is 5. The highest BCUT2D eigenvalue weighted by Gasteiger charge is 2.31. The van der Waals surface area contributed by atoms with Crippen molar-refractivity contribution in [1.29, 1.82) is 0 Å². The lowest BCUT2D eigenvalue weighted by Gasteiger charge is -2.37. The molecule has 4 aliphatic rings. The average Bonchev–Trinajstić information content (AvgIpc) is 1.89. The monoisotopic (exact) mass is 1240 g/mol. The van der Waals surface area contributed by atoms with Crippen LogP contribution in [0.4, 0.5) is 32.9 Å². The number of phenolic OH excluding ortho intramolecular Hbond substituents is 2. The smallest absolute Gasteiger partial charge is 0.415 e. The number of carbonyl (C=O) groups excluding carboxylic acids is 4. The number of hydrogen-bond acceptors (Lipinski definition) is 16. The highest BCUT2D eigenvalue weighted by molar-refractivity contribution is 6.00. The number of carbonyl (C=O) groups is 4. The summed E-state index contributed by atoms with van der Waals surface area (Å²) in [5, 5.41) is 34.6. The molecule has 5 N–H and O–H groups in total. The summed E-state index contributed by atoms with van der Waals surface area (Å²) < 4.78 is 20.6. The van der Waals surface area contributed by atoms with Gasteiger partial charge < -0.3 is 64.1 Å². The molecular formula is C67H76N14O10. The summed E-state index contributed by atoms with van der Waals surface area (Å²) in [6.07, 6.45) is 5.74. The van der Waals surface area contributed by atoms with Gasteiger partial charge >= 0.3 is 17.8 Å². The minimum Gasteiger partial charge on any atom is -0.508 e. The van der Waals surface area contributed by atoms with Gasteiger partial charge in [-0.05, 0) is 153 Å². The molecule has 0 aliphatic carbocycles. The SMILES string of the molecule is CCN(C(=O)Oc1ccc(CC(=O)N2CCC(CCn3ccc4cc(-n5c(-c6cc(C(C)C)c(O)cc6O)n[nH]c5=O)ccc43)CC2)cc1)C1CCN(C(=O)c2ccc(NC(=O)Nc3ccc(-c4nc(N5CCOCC5)nc(N5CCOCC5)n4)cc3)cc2)CC1. The topological polar surface area (TPSA) is 271 Å². The molecule has 4 aliphatic heterocycles. The molecule has 5 amide bonds. The Bertz CT molecular complexity index is 3920. The van der Waals surface area contributed by atoms with E-state index in [0.29, 0.717) is 161 Å². The number of phenols is 2. The highest BCUT2D eigenvalue weighted by Crippen LogP contribution is 2.38. The quantitative estimate of drug-likeness (QED) is 0.0569. The van der Waals surface area contributed by atoms with Gasteiger partial charge in [0.1, 0.15) is 17.2 Å². The first-order chi connectivity index (χ1) is 44.2. The zero-order valence-electron chi connectivity index (χ0n) is 51.4. The third-order valence-corrected chi connectivity index (χ3v) is 17.7. The van der Waals surface area contributed by atoms with E-state index in [1.807, 2.05) is 80.4 Å². The van der Waals surface area contributed by atoms with Crippen molar-refractivity contribution < 1.29 is 43.6 Å². The van der Waals surface area contributed by atoms with Gasteiger partial charge in [0, 0.05) is 117 Å². The molecule has 12 rings (SSSR count). The van der Waals surface area contributed by atoms with E-state index in [0.717, 1.165) is 47.8 Å². The Morgan fingerprint density at radius 3 is 1.97 bits per heavy atom. The Balaban J connectivity index is 0.562. The molecule has 4 fully saturated rings. The molecule has 0 bridgehead atoms. The van der Waals surface area contributed by atoms with E-state index < -0.39 is 17.8 Å². The molecule has 0 atom stereocenters. The molecule has 24 nitrogen and oxygen atoms in total. The number of piperidine rings is 2. The normalized spacial score (nSPS) is 15.9. The number of aryl methyl sites for hydroxylation is 1. The van der Waals surface area contributed by atoms with E-state index in [-0.39, 0.29) is 47.5 Å². The van der Waals surface area contributed by atoms with Crippen LogP contribution in [-0.2, 0) is 27.2 Å². The lowest BCUT2D eigenvalue weighted by molar-refractivity contribution is -0.131. The van der Waals surface area contributed by atoms with Crippen LogP contribution >= 0.6 is 0 Å². The molecule has 474 valence electrons. The second kappa shape index (κ2) is 27.5. The maximum atomic E-state index is 13.7. The number of fused-ring (bicyclic) bond motifs is 1. The van der Waals surface area contributed by atoms with Crippen LogP contribution in [0.3, 0.4) is 0 Å². The average molecular weight is 1240 g/mol. The lowest BCUT2D eigenvalue weighted by Crippen LogP contribution is -2.49. The first kappa shape index (κ1) is 61.4. The summed E-state index contributed by atoms with van der Waals surface area (Å²) in [7, 11) is 0. The third kappa shape index (κ3) is 14.1. The summed E-state index contributed by atoms with van der Waals surface area (Å²) in [6.45, 7) is 14.4. The van der Waals surface area contributed by atoms with Crippen LogP contribution in [0, 0.1) is 5.92 Å². The van der Waals surface area contributed by atoms with Crippen LogP contribution in [-0.4, -0.2) is 175 Å². The third-order valence-electron chi connectivity index (χ3n) is 17.7. The van der Waals surface area contributed by atoms with Gasteiger partial charge in [-0.15, -0.1) is 0 Å². The first-order valence-corrected chi connectivity index (χ1v) is 31.4. The van der Waals surface area contributed by atoms with Gasteiger partial charge in [0.15, 0.2) is 11.6 Å². The minimum absolute atomic E-state index is 0.0205. The molecule has 3 aromatic heterocycles. The van der Waals surface area contributed by atoms with Gasteiger partial charge in [0.2, 0.25) is 17.8 Å². The second-order valence-corrected chi connectivity index (χ2v) is 23.8. The van der Waals surface area contributed by atoms with Crippen molar-refractivity contribution in [3.8, 4) is 45.7 Å². The fourth-order valence-corrected chi connectivity index (χ4v) is 12.5. The summed E-state index contributed by atoms with van der Waals surface area (Å²) in [5.41, 5.74) is 5.32. The van der Waals surface area contributed by atoms with E-state index in [4.69, 9.17) is 29.2 Å². The molecule has 7 heterocycles. The van der Waals surface area contributed by atoms with Crippen LogP contribution < -0.4 is 30.9 Å². The van der Waals surface area contributed by atoms with Gasteiger partial charge in [-0.2, -0.15) is 20.1 Å². The number of aromatic hydroxyl groups is 2. The van der Waals surface area contributed by atoms with Gasteiger partial charge in [-0.3, -0.25) is 9.59 Å². The van der Waals surface area contributed by atoms with Gasteiger partial charge in [0.25, 0.3) is 5.91 Å². The van der Waals surface area contributed by atoms with Crippen molar-refractivity contribution in [3.05, 3.63) is 143 Å². The van der Waals surface area contributed by atoms with Gasteiger partial charge in [-0.25, -0.2) is 24.0 Å². The summed E-state index contributed by atoms with van der Waals surface area (Å²) in [6, 6.07) is 31.4. The van der Waals surface area contributed by atoms with Crippen molar-refractivity contribution in [2.45, 2.75) is 77.8 Å². The zero-order chi connectivity index (χ0) is 63.1. The number of H-pyrrole nitrogens is 1. The number of benzene rings is 5. The second-order valence-electron chi connectivity index (χ2n) is 23.8. The maximum absolute atomic E-state index is 13.7. The molecular weight excluding hydrogens is 1160 g/mol. The number of rotatable bonds is 17. The van der Waals surface area contributed by atoms with Crippen molar-refractivity contribution in [2.24, 2.45) is 5.92 Å². The van der Waals surface area contributed by atoms with Crippen LogP contribution in [0.2, 0.25) is 0 Å².